The molecular formula is C10H8N2O2S. The maximum Gasteiger partial charge on any atom is 0.277 e. The third kappa shape index (κ3) is 2.38. The first-order valence-corrected chi connectivity index (χ1v) is 4.69. The van der Waals surface area contributed by atoms with Gasteiger partial charge in [0, 0.05) is 10.6 Å². The molecule has 0 unspecified atom stereocenters. The molecule has 0 aliphatic carbocycles. The van der Waals surface area contributed by atoms with E-state index in [-0.39, 0.29) is 11.6 Å². The first-order chi connectivity index (χ1) is 7.25. The van der Waals surface area contributed by atoms with Gasteiger partial charge in [-0.2, -0.15) is 0 Å². The highest BCUT2D eigenvalue weighted by atomic mass is 32.1. The van der Waals surface area contributed by atoms with Gasteiger partial charge in [0.1, 0.15) is 6.26 Å². The highest BCUT2D eigenvalue weighted by Gasteiger charge is 2.08. The molecule has 0 radical (unpaired) electrons. The molecule has 1 aromatic carbocycles. The van der Waals surface area contributed by atoms with Crippen molar-refractivity contribution in [2.75, 3.05) is 5.32 Å². The van der Waals surface area contributed by atoms with Crippen LogP contribution >= 0.6 is 12.6 Å². The molecule has 0 fully saturated rings. The summed E-state index contributed by atoms with van der Waals surface area (Å²) in [5.41, 5.74) is 0.950. The second-order valence-electron chi connectivity index (χ2n) is 2.87. The predicted molar refractivity (Wildman–Crippen MR) is 58.2 cm³/mol. The monoisotopic (exact) mass is 220 g/mol. The lowest BCUT2D eigenvalue weighted by atomic mass is 10.3. The molecule has 0 spiro atoms. The minimum atomic E-state index is -0.296. The highest BCUT2D eigenvalue weighted by Crippen LogP contribution is 2.12. The summed E-state index contributed by atoms with van der Waals surface area (Å²) in [6, 6.07) is 7.11. The van der Waals surface area contributed by atoms with Gasteiger partial charge in [0.25, 0.3) is 5.91 Å². The number of anilines is 1. The Bertz CT molecular complexity index is 451. The van der Waals surface area contributed by atoms with Crippen molar-refractivity contribution in [3.05, 3.63) is 42.6 Å². The van der Waals surface area contributed by atoms with E-state index in [1.165, 1.54) is 12.7 Å². The van der Waals surface area contributed by atoms with Crippen LogP contribution in [0.2, 0.25) is 0 Å². The van der Waals surface area contributed by atoms with E-state index >= 15 is 0 Å². The number of nitrogens with one attached hydrogen (secondary N) is 1. The fourth-order valence-electron chi connectivity index (χ4n) is 1.06. The first kappa shape index (κ1) is 9.79. The lowest BCUT2D eigenvalue weighted by Crippen LogP contribution is -2.11. The minimum Gasteiger partial charge on any atom is -0.451 e. The third-order valence-corrected chi connectivity index (χ3v) is 2.09. The molecule has 1 aromatic heterocycles. The van der Waals surface area contributed by atoms with Crippen molar-refractivity contribution in [3.63, 3.8) is 0 Å². The minimum absolute atomic E-state index is 0.255. The van der Waals surface area contributed by atoms with Crippen LogP contribution in [-0.4, -0.2) is 10.9 Å². The average molecular weight is 220 g/mol. The summed E-state index contributed by atoms with van der Waals surface area (Å²) in [4.78, 5) is 16.1. The van der Waals surface area contributed by atoms with Crippen molar-refractivity contribution >= 4 is 24.2 Å². The number of benzene rings is 1. The second-order valence-corrected chi connectivity index (χ2v) is 3.39. The largest absolute Gasteiger partial charge is 0.451 e. The van der Waals surface area contributed by atoms with Gasteiger partial charge in [0.05, 0.1) is 0 Å². The average Bonchev–Trinajstić information content (AvgIpc) is 2.74. The zero-order valence-electron chi connectivity index (χ0n) is 7.68. The third-order valence-electron chi connectivity index (χ3n) is 1.79. The Kier molecular flexibility index (Phi) is 2.73. The standard InChI is InChI=1S/C10H8N2O2S/c13-10(9-5-14-6-11-9)12-7-1-3-8(15)4-2-7/h1-6,15H,(H,12,13). The zero-order valence-corrected chi connectivity index (χ0v) is 8.57. The van der Waals surface area contributed by atoms with Gasteiger partial charge in [-0.1, -0.05) is 0 Å². The molecule has 4 nitrogen and oxygen atoms in total. The zero-order chi connectivity index (χ0) is 10.7. The van der Waals surface area contributed by atoms with Gasteiger partial charge in [0.2, 0.25) is 0 Å². The van der Waals surface area contributed by atoms with Gasteiger partial charge in [0.15, 0.2) is 12.1 Å². The molecule has 15 heavy (non-hydrogen) atoms. The lowest BCUT2D eigenvalue weighted by molar-refractivity contribution is 0.102. The Morgan fingerprint density at radius 1 is 1.33 bits per heavy atom. The molecule has 76 valence electrons. The van der Waals surface area contributed by atoms with Gasteiger partial charge in [-0.05, 0) is 24.3 Å². The summed E-state index contributed by atoms with van der Waals surface area (Å²) in [6.07, 6.45) is 2.51. The number of rotatable bonds is 2. The van der Waals surface area contributed by atoms with Crippen molar-refractivity contribution in [1.29, 1.82) is 0 Å². The molecule has 0 saturated carbocycles. The van der Waals surface area contributed by atoms with Crippen LogP contribution in [0, 0.1) is 0 Å². The summed E-state index contributed by atoms with van der Waals surface area (Å²) < 4.78 is 4.71. The van der Waals surface area contributed by atoms with Crippen molar-refractivity contribution in [3.8, 4) is 0 Å². The number of carbonyl (C=O) groups is 1. The van der Waals surface area contributed by atoms with E-state index in [4.69, 9.17) is 4.42 Å². The number of carbonyl (C=O) groups excluding carboxylic acids is 1. The number of thiol groups is 1. The summed E-state index contributed by atoms with van der Waals surface area (Å²) >= 11 is 4.14. The Labute approximate surface area is 91.7 Å². The van der Waals surface area contributed by atoms with Gasteiger partial charge < -0.3 is 9.73 Å². The van der Waals surface area contributed by atoms with Crippen molar-refractivity contribution in [2.24, 2.45) is 0 Å². The van der Waals surface area contributed by atoms with Gasteiger partial charge in [-0.25, -0.2) is 4.98 Å². The van der Waals surface area contributed by atoms with Crippen LogP contribution < -0.4 is 5.32 Å². The smallest absolute Gasteiger partial charge is 0.277 e. The number of oxazole rings is 1. The van der Waals surface area contributed by atoms with Gasteiger partial charge in [-0.3, -0.25) is 4.79 Å². The molecule has 1 heterocycles. The van der Waals surface area contributed by atoms with Crippen LogP contribution in [-0.2, 0) is 0 Å². The molecule has 0 bridgehead atoms. The SMILES string of the molecule is O=C(Nc1ccc(S)cc1)c1cocn1. The quantitative estimate of drug-likeness (QED) is 0.763. The van der Waals surface area contributed by atoms with Crippen molar-refractivity contribution in [1.82, 2.24) is 4.98 Å². The molecule has 0 atom stereocenters. The van der Waals surface area contributed by atoms with Crippen LogP contribution in [0.1, 0.15) is 10.5 Å². The maximum atomic E-state index is 11.5. The molecule has 0 saturated heterocycles. The molecular weight excluding hydrogens is 212 g/mol. The van der Waals surface area contributed by atoms with Gasteiger partial charge >= 0.3 is 0 Å². The van der Waals surface area contributed by atoms with E-state index in [2.05, 4.69) is 22.9 Å². The number of hydrogen-bond donors (Lipinski definition) is 2. The van der Waals surface area contributed by atoms with Crippen molar-refractivity contribution < 1.29 is 9.21 Å². The predicted octanol–water partition coefficient (Wildman–Crippen LogP) is 2.22. The Hall–Kier alpha value is -1.75. The normalized spacial score (nSPS) is 9.93. The number of aromatic nitrogens is 1. The summed E-state index contributed by atoms with van der Waals surface area (Å²) in [7, 11) is 0. The fraction of sp³-hybridized carbons (Fsp3) is 0. The molecule has 2 rings (SSSR count). The van der Waals surface area contributed by atoms with E-state index in [9.17, 15) is 4.79 Å². The lowest BCUT2D eigenvalue weighted by Gasteiger charge is -2.02. The first-order valence-electron chi connectivity index (χ1n) is 4.24. The molecule has 1 amide bonds. The fourth-order valence-corrected chi connectivity index (χ4v) is 1.21. The summed E-state index contributed by atoms with van der Waals surface area (Å²) in [6.45, 7) is 0. The molecule has 5 heteroatoms. The second kappa shape index (κ2) is 4.18. The Morgan fingerprint density at radius 3 is 2.67 bits per heavy atom. The number of hydrogen-bond acceptors (Lipinski definition) is 4. The van der Waals surface area contributed by atoms with Crippen LogP contribution in [0.4, 0.5) is 5.69 Å². The van der Waals surface area contributed by atoms with Crippen LogP contribution in [0.25, 0.3) is 0 Å². The topological polar surface area (TPSA) is 55.1 Å². The summed E-state index contributed by atoms with van der Waals surface area (Å²) in [5, 5.41) is 2.68. The van der Waals surface area contributed by atoms with Crippen LogP contribution in [0.3, 0.4) is 0 Å². The van der Waals surface area contributed by atoms with Crippen LogP contribution in [0.15, 0.2) is 46.2 Å². The molecule has 1 N–H and O–H groups in total. The van der Waals surface area contributed by atoms with E-state index in [1.807, 2.05) is 0 Å². The van der Waals surface area contributed by atoms with Crippen molar-refractivity contribution in [2.45, 2.75) is 4.90 Å². The van der Waals surface area contributed by atoms with E-state index in [0.717, 1.165) is 4.90 Å². The maximum absolute atomic E-state index is 11.5. The number of amides is 1. The highest BCUT2D eigenvalue weighted by molar-refractivity contribution is 7.80. The molecule has 0 aliphatic rings. The van der Waals surface area contributed by atoms with E-state index in [1.54, 1.807) is 24.3 Å². The van der Waals surface area contributed by atoms with E-state index in [0.29, 0.717) is 5.69 Å². The Balaban J connectivity index is 2.09. The van der Waals surface area contributed by atoms with E-state index < -0.39 is 0 Å². The number of nitrogens with zero attached hydrogens (tertiary/aromatic N) is 1. The molecule has 2 aromatic rings. The molecule has 0 aliphatic heterocycles. The van der Waals surface area contributed by atoms with Gasteiger partial charge in [-0.15, -0.1) is 12.6 Å². The summed E-state index contributed by atoms with van der Waals surface area (Å²) in [5.74, 6) is -0.296. The van der Waals surface area contributed by atoms with Crippen LogP contribution in [0.5, 0.6) is 0 Å². The Morgan fingerprint density at radius 2 is 2.07 bits per heavy atom.